The van der Waals surface area contributed by atoms with E-state index in [4.69, 9.17) is 9.47 Å². The molecule has 0 saturated heterocycles. The average molecular weight is 319 g/mol. The molecule has 3 nitrogen and oxygen atoms in total. The molecular formula is C21H21NO2. The highest BCUT2D eigenvalue weighted by Crippen LogP contribution is 2.29. The first kappa shape index (κ1) is 15.2. The molecule has 1 aliphatic rings. The number of hydrogen-bond acceptors (Lipinski definition) is 3. The quantitative estimate of drug-likeness (QED) is 0.606. The van der Waals surface area contributed by atoms with Gasteiger partial charge in [0.25, 0.3) is 0 Å². The van der Waals surface area contributed by atoms with Crippen LogP contribution < -0.4 is 4.74 Å². The van der Waals surface area contributed by atoms with E-state index in [0.29, 0.717) is 12.9 Å². The molecule has 0 unspecified atom stereocenters. The predicted octanol–water partition coefficient (Wildman–Crippen LogP) is 5.20. The lowest BCUT2D eigenvalue weighted by molar-refractivity contribution is -0.0324. The number of pyridine rings is 1. The molecule has 4 rings (SSSR count). The summed E-state index contributed by atoms with van der Waals surface area (Å²) in [6, 6.07) is 18.4. The van der Waals surface area contributed by atoms with Crippen LogP contribution in [-0.2, 0) is 4.74 Å². The van der Waals surface area contributed by atoms with Crippen LogP contribution in [-0.4, -0.2) is 17.9 Å². The minimum Gasteiger partial charge on any atom is -0.468 e. The standard InChI is InChI=1S/C21H21NO2/c1-4-11-20-16(6-1)12-13-22-21(20)17-7-5-10-19(14-17)24-15-23-18-8-2-3-9-18/h1,4-7,10-14,18H,2-3,8-9,15H2. The second-order valence-electron chi connectivity index (χ2n) is 6.24. The van der Waals surface area contributed by atoms with E-state index in [1.54, 1.807) is 0 Å². The monoisotopic (exact) mass is 319 g/mol. The van der Waals surface area contributed by atoms with E-state index in [1.807, 2.05) is 42.6 Å². The molecule has 1 aromatic heterocycles. The fourth-order valence-electron chi connectivity index (χ4n) is 3.34. The third-order valence-electron chi connectivity index (χ3n) is 4.61. The van der Waals surface area contributed by atoms with Gasteiger partial charge in [0.1, 0.15) is 5.75 Å². The van der Waals surface area contributed by atoms with Gasteiger partial charge in [-0.25, -0.2) is 0 Å². The van der Waals surface area contributed by atoms with Crippen LogP contribution in [0.1, 0.15) is 25.7 Å². The van der Waals surface area contributed by atoms with Crippen molar-refractivity contribution in [2.24, 2.45) is 0 Å². The first-order valence-corrected chi connectivity index (χ1v) is 8.59. The highest BCUT2D eigenvalue weighted by atomic mass is 16.7. The summed E-state index contributed by atoms with van der Waals surface area (Å²) >= 11 is 0. The summed E-state index contributed by atoms with van der Waals surface area (Å²) in [7, 11) is 0. The van der Waals surface area contributed by atoms with E-state index in [1.165, 1.54) is 18.2 Å². The molecule has 0 N–H and O–H groups in total. The fraction of sp³-hybridized carbons (Fsp3) is 0.286. The van der Waals surface area contributed by atoms with Crippen molar-refractivity contribution in [2.75, 3.05) is 6.79 Å². The molecule has 0 atom stereocenters. The van der Waals surface area contributed by atoms with Gasteiger partial charge in [-0.2, -0.15) is 0 Å². The second-order valence-corrected chi connectivity index (χ2v) is 6.24. The van der Waals surface area contributed by atoms with E-state index in [9.17, 15) is 0 Å². The summed E-state index contributed by atoms with van der Waals surface area (Å²) in [5.41, 5.74) is 2.04. The average Bonchev–Trinajstić information content (AvgIpc) is 3.15. The predicted molar refractivity (Wildman–Crippen MR) is 96.0 cm³/mol. The molecule has 0 aliphatic heterocycles. The topological polar surface area (TPSA) is 31.4 Å². The van der Waals surface area contributed by atoms with Crippen LogP contribution in [0.3, 0.4) is 0 Å². The summed E-state index contributed by atoms with van der Waals surface area (Å²) in [5.74, 6) is 0.820. The molecule has 0 bridgehead atoms. The summed E-state index contributed by atoms with van der Waals surface area (Å²) in [5, 5.41) is 2.35. The van der Waals surface area contributed by atoms with E-state index in [2.05, 4.69) is 23.2 Å². The van der Waals surface area contributed by atoms with Gasteiger partial charge in [0.15, 0.2) is 6.79 Å². The van der Waals surface area contributed by atoms with Crippen molar-refractivity contribution < 1.29 is 9.47 Å². The number of rotatable bonds is 5. The van der Waals surface area contributed by atoms with Gasteiger partial charge in [-0.05, 0) is 36.4 Å². The maximum Gasteiger partial charge on any atom is 0.189 e. The molecule has 0 radical (unpaired) electrons. The molecule has 1 heterocycles. The van der Waals surface area contributed by atoms with Crippen molar-refractivity contribution in [1.29, 1.82) is 0 Å². The lowest BCUT2D eigenvalue weighted by atomic mass is 10.0. The number of ether oxygens (including phenoxy) is 2. The van der Waals surface area contributed by atoms with Crippen molar-refractivity contribution in [2.45, 2.75) is 31.8 Å². The molecule has 24 heavy (non-hydrogen) atoms. The Kier molecular flexibility index (Phi) is 4.43. The number of fused-ring (bicyclic) bond motifs is 1. The lowest BCUT2D eigenvalue weighted by Gasteiger charge is -2.13. The van der Waals surface area contributed by atoms with Gasteiger partial charge < -0.3 is 9.47 Å². The van der Waals surface area contributed by atoms with E-state index in [0.717, 1.165) is 35.2 Å². The molecule has 1 fully saturated rings. The number of nitrogens with zero attached hydrogens (tertiary/aromatic N) is 1. The smallest absolute Gasteiger partial charge is 0.189 e. The van der Waals surface area contributed by atoms with Gasteiger partial charge in [0.2, 0.25) is 0 Å². The molecular weight excluding hydrogens is 298 g/mol. The van der Waals surface area contributed by atoms with E-state index in [-0.39, 0.29) is 0 Å². The summed E-state index contributed by atoms with van der Waals surface area (Å²) in [6.07, 6.45) is 7.08. The van der Waals surface area contributed by atoms with Crippen molar-refractivity contribution >= 4 is 10.8 Å². The van der Waals surface area contributed by atoms with Crippen molar-refractivity contribution in [3.8, 4) is 17.0 Å². The normalized spacial score (nSPS) is 15.0. The lowest BCUT2D eigenvalue weighted by Crippen LogP contribution is -2.12. The van der Waals surface area contributed by atoms with E-state index < -0.39 is 0 Å². The maximum absolute atomic E-state index is 5.79. The second kappa shape index (κ2) is 7.02. The molecule has 3 aromatic rings. The fourth-order valence-corrected chi connectivity index (χ4v) is 3.34. The Morgan fingerprint density at radius 1 is 0.958 bits per heavy atom. The van der Waals surface area contributed by atoms with Crippen LogP contribution >= 0.6 is 0 Å². The summed E-state index contributed by atoms with van der Waals surface area (Å²) in [4.78, 5) is 4.57. The van der Waals surface area contributed by atoms with Crippen LogP contribution in [0.15, 0.2) is 60.8 Å². The minimum atomic E-state index is 0.317. The Balaban J connectivity index is 1.53. The van der Waals surface area contributed by atoms with Crippen molar-refractivity contribution in [3.05, 3.63) is 60.8 Å². The van der Waals surface area contributed by atoms with Crippen LogP contribution in [0.4, 0.5) is 0 Å². The van der Waals surface area contributed by atoms with Crippen molar-refractivity contribution in [3.63, 3.8) is 0 Å². The zero-order chi connectivity index (χ0) is 16.2. The Morgan fingerprint density at radius 3 is 2.75 bits per heavy atom. The molecule has 3 heteroatoms. The molecule has 2 aromatic carbocycles. The molecule has 0 spiro atoms. The maximum atomic E-state index is 5.79. The summed E-state index contributed by atoms with van der Waals surface area (Å²) < 4.78 is 11.6. The SMILES string of the molecule is c1cc(OCOC2CCCC2)cc(-c2nccc3ccccc23)c1. The third-order valence-corrected chi connectivity index (χ3v) is 4.61. The van der Waals surface area contributed by atoms with Crippen LogP contribution in [0.5, 0.6) is 5.75 Å². The van der Waals surface area contributed by atoms with Gasteiger partial charge in [0, 0.05) is 17.1 Å². The van der Waals surface area contributed by atoms with Gasteiger partial charge in [0.05, 0.1) is 11.8 Å². The minimum absolute atomic E-state index is 0.317. The Morgan fingerprint density at radius 2 is 1.83 bits per heavy atom. The van der Waals surface area contributed by atoms with Crippen LogP contribution in [0, 0.1) is 0 Å². The largest absolute Gasteiger partial charge is 0.468 e. The van der Waals surface area contributed by atoms with Crippen LogP contribution in [0.2, 0.25) is 0 Å². The zero-order valence-electron chi connectivity index (χ0n) is 13.7. The van der Waals surface area contributed by atoms with Gasteiger partial charge in [-0.15, -0.1) is 0 Å². The molecule has 1 aliphatic carbocycles. The highest BCUT2D eigenvalue weighted by molar-refractivity contribution is 5.94. The third kappa shape index (κ3) is 3.26. The summed E-state index contributed by atoms with van der Waals surface area (Å²) in [6.45, 7) is 0.317. The van der Waals surface area contributed by atoms with E-state index >= 15 is 0 Å². The van der Waals surface area contributed by atoms with Gasteiger partial charge in [-0.1, -0.05) is 49.2 Å². The number of benzene rings is 2. The Bertz CT molecular complexity index is 819. The Hall–Kier alpha value is -2.39. The molecule has 1 saturated carbocycles. The molecule has 0 amide bonds. The number of hydrogen-bond donors (Lipinski definition) is 0. The van der Waals surface area contributed by atoms with Crippen molar-refractivity contribution in [1.82, 2.24) is 4.98 Å². The number of aromatic nitrogens is 1. The highest BCUT2D eigenvalue weighted by Gasteiger charge is 2.15. The van der Waals surface area contributed by atoms with Crippen LogP contribution in [0.25, 0.3) is 22.0 Å². The first-order valence-electron chi connectivity index (χ1n) is 8.59. The first-order chi connectivity index (χ1) is 11.9. The van der Waals surface area contributed by atoms with Gasteiger partial charge >= 0.3 is 0 Å². The van der Waals surface area contributed by atoms with Gasteiger partial charge in [-0.3, -0.25) is 4.98 Å². The molecule has 122 valence electrons. The Labute approximate surface area is 142 Å². The zero-order valence-corrected chi connectivity index (χ0v) is 13.7.